The first-order valence-corrected chi connectivity index (χ1v) is 8.68. The summed E-state index contributed by atoms with van der Waals surface area (Å²) >= 11 is 0. The number of amides is 1. The summed E-state index contributed by atoms with van der Waals surface area (Å²) in [6.07, 6.45) is 2.26. The van der Waals surface area contributed by atoms with Crippen molar-refractivity contribution in [2.24, 2.45) is 5.92 Å². The van der Waals surface area contributed by atoms with Gasteiger partial charge in [0.05, 0.1) is 0 Å². The van der Waals surface area contributed by atoms with Crippen molar-refractivity contribution < 1.29 is 18.3 Å². The molecule has 5 nitrogen and oxygen atoms in total. The number of carbonyl (C=O) groups is 1. The zero-order valence-corrected chi connectivity index (χ0v) is 14.1. The van der Waals surface area contributed by atoms with Crippen molar-refractivity contribution >= 4 is 5.91 Å². The molecule has 0 saturated carbocycles. The second-order valence-electron chi connectivity index (χ2n) is 6.79. The quantitative estimate of drug-likeness (QED) is 0.923. The number of benzene rings is 1. The van der Waals surface area contributed by atoms with E-state index in [2.05, 4.69) is 17.1 Å². The van der Waals surface area contributed by atoms with Gasteiger partial charge in [-0.15, -0.1) is 0 Å². The lowest BCUT2D eigenvalue weighted by Gasteiger charge is -2.49. The second kappa shape index (κ2) is 6.52. The summed E-state index contributed by atoms with van der Waals surface area (Å²) in [5, 5.41) is 3.12. The van der Waals surface area contributed by atoms with E-state index in [1.807, 2.05) is 0 Å². The number of nitrogens with zero attached hydrogens (tertiary/aromatic N) is 1. The molecule has 1 N–H and O–H groups in total. The molecule has 1 aromatic heterocycles. The maximum atomic E-state index is 12.9. The zero-order chi connectivity index (χ0) is 17.4. The van der Waals surface area contributed by atoms with Crippen LogP contribution in [0.2, 0.25) is 0 Å². The van der Waals surface area contributed by atoms with Crippen molar-refractivity contribution in [3.63, 3.8) is 0 Å². The predicted octanol–water partition coefficient (Wildman–Crippen LogP) is 3.42. The average Bonchev–Trinajstić information content (AvgIpc) is 3.09. The number of carbonyl (C=O) groups excluding carboxylic acids is 1. The normalized spacial score (nSPS) is 27.9. The molecule has 2 unspecified atom stereocenters. The number of piperidine rings is 3. The Morgan fingerprint density at radius 2 is 1.92 bits per heavy atom. The van der Waals surface area contributed by atoms with Gasteiger partial charge in [-0.1, -0.05) is 0 Å². The largest absolute Gasteiger partial charge is 0.426 e. The monoisotopic (exact) mass is 344 g/mol. The molecule has 0 spiro atoms. The molecule has 6 heteroatoms. The number of hydrogen-bond acceptors (Lipinski definition) is 4. The number of halogens is 1. The molecule has 1 aromatic carbocycles. The molecule has 3 aliphatic heterocycles. The lowest BCUT2D eigenvalue weighted by atomic mass is 9.79. The summed E-state index contributed by atoms with van der Waals surface area (Å²) in [6, 6.07) is 9.32. The molecule has 25 heavy (non-hydrogen) atoms. The third-order valence-electron chi connectivity index (χ3n) is 5.31. The Morgan fingerprint density at radius 3 is 2.60 bits per heavy atom. The van der Waals surface area contributed by atoms with Crippen LogP contribution in [0.1, 0.15) is 30.3 Å². The van der Waals surface area contributed by atoms with E-state index in [4.69, 9.17) is 9.15 Å². The van der Waals surface area contributed by atoms with Crippen molar-refractivity contribution in [3.05, 3.63) is 48.0 Å². The smallest absolute Gasteiger partial charge is 0.290 e. The van der Waals surface area contributed by atoms with Gasteiger partial charge in [0.2, 0.25) is 0 Å². The molecule has 0 radical (unpaired) electrons. The Balaban J connectivity index is 1.41. The van der Waals surface area contributed by atoms with Crippen LogP contribution in [0.15, 0.2) is 40.8 Å². The number of ether oxygens (including phenoxy) is 1. The van der Waals surface area contributed by atoms with Crippen LogP contribution in [0.3, 0.4) is 0 Å². The SMILES string of the molecule is CC1C(NC(=O)c2ccc(Oc3ccc(F)cc3)o2)C2CCN1CC2. The zero-order valence-electron chi connectivity index (χ0n) is 14.1. The van der Waals surface area contributed by atoms with Gasteiger partial charge in [-0.2, -0.15) is 0 Å². The molecular weight excluding hydrogens is 323 g/mol. The molecule has 132 valence electrons. The van der Waals surface area contributed by atoms with Gasteiger partial charge in [0.15, 0.2) is 5.76 Å². The molecule has 2 bridgehead atoms. The van der Waals surface area contributed by atoms with Gasteiger partial charge >= 0.3 is 0 Å². The third kappa shape index (κ3) is 3.26. The second-order valence-corrected chi connectivity index (χ2v) is 6.79. The van der Waals surface area contributed by atoms with E-state index in [1.165, 1.54) is 24.3 Å². The van der Waals surface area contributed by atoms with Gasteiger partial charge in [-0.25, -0.2) is 4.39 Å². The highest BCUT2D eigenvalue weighted by molar-refractivity contribution is 5.91. The lowest BCUT2D eigenvalue weighted by Crippen LogP contribution is -2.62. The van der Waals surface area contributed by atoms with Crippen LogP contribution in [0, 0.1) is 11.7 Å². The van der Waals surface area contributed by atoms with Crippen LogP contribution in [0.25, 0.3) is 0 Å². The fourth-order valence-electron chi connectivity index (χ4n) is 3.88. The number of furan rings is 1. The van der Waals surface area contributed by atoms with E-state index < -0.39 is 0 Å². The number of rotatable bonds is 4. The van der Waals surface area contributed by atoms with E-state index in [9.17, 15) is 9.18 Å². The maximum absolute atomic E-state index is 12.9. The predicted molar refractivity (Wildman–Crippen MR) is 90.2 cm³/mol. The molecule has 1 amide bonds. The molecule has 2 atom stereocenters. The highest BCUT2D eigenvalue weighted by Crippen LogP contribution is 2.32. The first kappa shape index (κ1) is 16.1. The summed E-state index contributed by atoms with van der Waals surface area (Å²) in [7, 11) is 0. The number of hydrogen-bond donors (Lipinski definition) is 1. The van der Waals surface area contributed by atoms with Gasteiger partial charge in [0.25, 0.3) is 11.9 Å². The molecule has 0 aliphatic carbocycles. The van der Waals surface area contributed by atoms with Crippen molar-refractivity contribution in [3.8, 4) is 11.7 Å². The van der Waals surface area contributed by atoms with Crippen molar-refractivity contribution in [1.82, 2.24) is 10.2 Å². The van der Waals surface area contributed by atoms with Gasteiger partial charge < -0.3 is 14.5 Å². The Kier molecular flexibility index (Phi) is 4.21. The fourth-order valence-corrected chi connectivity index (χ4v) is 3.88. The Hall–Kier alpha value is -2.34. The van der Waals surface area contributed by atoms with Crippen LogP contribution in [-0.4, -0.2) is 36.0 Å². The van der Waals surface area contributed by atoms with Crippen molar-refractivity contribution in [1.29, 1.82) is 0 Å². The lowest BCUT2D eigenvalue weighted by molar-refractivity contribution is 0.0210. The molecule has 3 fully saturated rings. The van der Waals surface area contributed by atoms with Crippen LogP contribution in [0.5, 0.6) is 11.7 Å². The van der Waals surface area contributed by atoms with Crippen molar-refractivity contribution in [2.75, 3.05) is 13.1 Å². The fraction of sp³-hybridized carbons (Fsp3) is 0.421. The highest BCUT2D eigenvalue weighted by Gasteiger charge is 2.40. The van der Waals surface area contributed by atoms with Crippen LogP contribution in [-0.2, 0) is 0 Å². The molecule has 4 heterocycles. The topological polar surface area (TPSA) is 54.7 Å². The molecule has 2 aromatic rings. The Morgan fingerprint density at radius 1 is 1.20 bits per heavy atom. The van der Waals surface area contributed by atoms with Gasteiger partial charge in [-0.05, 0) is 69.1 Å². The number of nitrogens with one attached hydrogen (secondary N) is 1. The van der Waals surface area contributed by atoms with Crippen LogP contribution >= 0.6 is 0 Å². The minimum absolute atomic E-state index is 0.154. The summed E-state index contributed by atoms with van der Waals surface area (Å²) in [6.45, 7) is 4.41. The summed E-state index contributed by atoms with van der Waals surface area (Å²) in [5.74, 6) is 0.861. The first-order chi connectivity index (χ1) is 12.1. The van der Waals surface area contributed by atoms with Crippen molar-refractivity contribution in [2.45, 2.75) is 31.8 Å². The molecule has 5 rings (SSSR count). The summed E-state index contributed by atoms with van der Waals surface area (Å²) in [4.78, 5) is 14.9. The standard InChI is InChI=1S/C19H21FN2O3/c1-12-18(13-8-10-22(12)11-9-13)21-19(23)16-6-7-17(25-16)24-15-4-2-14(20)3-5-15/h2-7,12-13,18H,8-11H2,1H3,(H,21,23). The van der Waals surface area contributed by atoms with E-state index in [0.717, 1.165) is 25.9 Å². The molecule has 3 aliphatic rings. The minimum Gasteiger partial charge on any atom is -0.426 e. The number of fused-ring (bicyclic) bond motifs is 3. The van der Waals surface area contributed by atoms with E-state index in [1.54, 1.807) is 12.1 Å². The molecular formula is C19H21FN2O3. The van der Waals surface area contributed by atoms with Gasteiger partial charge in [-0.3, -0.25) is 9.69 Å². The van der Waals surface area contributed by atoms with E-state index >= 15 is 0 Å². The van der Waals surface area contributed by atoms with Crippen LogP contribution < -0.4 is 10.1 Å². The van der Waals surface area contributed by atoms with E-state index in [0.29, 0.717) is 17.7 Å². The first-order valence-electron chi connectivity index (χ1n) is 8.68. The molecule has 3 saturated heterocycles. The highest BCUT2D eigenvalue weighted by atomic mass is 19.1. The minimum atomic E-state index is -0.335. The Labute approximate surface area is 145 Å². The van der Waals surface area contributed by atoms with Gasteiger partial charge in [0, 0.05) is 18.2 Å². The van der Waals surface area contributed by atoms with Crippen LogP contribution in [0.4, 0.5) is 4.39 Å². The Bertz CT molecular complexity index is 748. The summed E-state index contributed by atoms with van der Waals surface area (Å²) < 4.78 is 23.9. The average molecular weight is 344 g/mol. The van der Waals surface area contributed by atoms with Gasteiger partial charge in [0.1, 0.15) is 11.6 Å². The maximum Gasteiger partial charge on any atom is 0.290 e. The summed E-state index contributed by atoms with van der Waals surface area (Å²) in [5.41, 5.74) is 0. The third-order valence-corrected chi connectivity index (χ3v) is 5.31. The van der Waals surface area contributed by atoms with E-state index in [-0.39, 0.29) is 29.5 Å².